The molecule has 1 fully saturated rings. The van der Waals surface area contributed by atoms with E-state index in [-0.39, 0.29) is 5.95 Å². The van der Waals surface area contributed by atoms with E-state index in [0.29, 0.717) is 17.0 Å². The molecule has 0 spiro atoms. The van der Waals surface area contributed by atoms with E-state index in [2.05, 4.69) is 27.2 Å². The number of nitrogens with zero attached hydrogens (tertiary/aromatic N) is 4. The number of nitrogens with one attached hydrogen (secondary N) is 1. The normalized spacial score (nSPS) is 26.4. The zero-order chi connectivity index (χ0) is 18.0. The number of rotatable bonds is 7. The molecule has 25 heavy (non-hydrogen) atoms. The lowest BCUT2D eigenvalue weighted by Gasteiger charge is -2.16. The Morgan fingerprint density at radius 2 is 2.08 bits per heavy atom. The van der Waals surface area contributed by atoms with E-state index in [1.54, 1.807) is 0 Å². The van der Waals surface area contributed by atoms with Crippen LogP contribution in [0.3, 0.4) is 0 Å². The Kier molecular flexibility index (Phi) is 5.33. The SMILES string of the molecule is CCCCCNc1nc(N)nc2c1ncn2[C@@H]1O[C@H](CO)[C@@H](O)[C@H]1O. The number of ether oxygens (including phenoxy) is 1. The molecule has 3 rings (SSSR count). The maximum Gasteiger partial charge on any atom is 0.224 e. The molecule has 0 saturated carbocycles. The largest absolute Gasteiger partial charge is 0.394 e. The Balaban J connectivity index is 1.89. The molecule has 0 bridgehead atoms. The van der Waals surface area contributed by atoms with Crippen molar-refractivity contribution in [2.45, 2.75) is 50.7 Å². The lowest BCUT2D eigenvalue weighted by Crippen LogP contribution is -2.33. The average Bonchev–Trinajstić information content (AvgIpc) is 3.13. The van der Waals surface area contributed by atoms with Gasteiger partial charge in [-0.05, 0) is 6.42 Å². The summed E-state index contributed by atoms with van der Waals surface area (Å²) >= 11 is 0. The molecule has 6 N–H and O–H groups in total. The van der Waals surface area contributed by atoms with E-state index >= 15 is 0 Å². The number of aliphatic hydroxyl groups is 3. The molecule has 0 aliphatic carbocycles. The number of fused-ring (bicyclic) bond motifs is 1. The van der Waals surface area contributed by atoms with Crippen molar-refractivity contribution < 1.29 is 20.1 Å². The van der Waals surface area contributed by atoms with E-state index in [1.807, 2.05) is 0 Å². The number of aliphatic hydroxyl groups excluding tert-OH is 3. The topological polar surface area (TPSA) is 152 Å². The third-order valence-electron chi connectivity index (χ3n) is 4.30. The molecule has 3 heterocycles. The fourth-order valence-electron chi connectivity index (χ4n) is 2.93. The van der Waals surface area contributed by atoms with Gasteiger partial charge in [-0.2, -0.15) is 9.97 Å². The van der Waals surface area contributed by atoms with Crippen molar-refractivity contribution in [2.75, 3.05) is 24.2 Å². The molecule has 0 radical (unpaired) electrons. The van der Waals surface area contributed by atoms with Gasteiger partial charge in [0.2, 0.25) is 5.95 Å². The van der Waals surface area contributed by atoms with Crippen LogP contribution in [0.2, 0.25) is 0 Å². The van der Waals surface area contributed by atoms with Gasteiger partial charge in [-0.25, -0.2) is 4.98 Å². The van der Waals surface area contributed by atoms with Crippen molar-refractivity contribution in [3.05, 3.63) is 6.33 Å². The summed E-state index contributed by atoms with van der Waals surface area (Å²) in [4.78, 5) is 12.7. The summed E-state index contributed by atoms with van der Waals surface area (Å²) < 4.78 is 7.03. The molecular formula is C15H24N6O4. The number of imidazole rings is 1. The van der Waals surface area contributed by atoms with Crippen LogP contribution in [0.25, 0.3) is 11.2 Å². The van der Waals surface area contributed by atoms with E-state index in [4.69, 9.17) is 10.5 Å². The summed E-state index contributed by atoms with van der Waals surface area (Å²) in [5.41, 5.74) is 6.69. The van der Waals surface area contributed by atoms with Crippen molar-refractivity contribution in [3.63, 3.8) is 0 Å². The maximum absolute atomic E-state index is 10.2. The highest BCUT2D eigenvalue weighted by molar-refractivity contribution is 5.84. The first kappa shape index (κ1) is 17.8. The number of nitrogens with two attached hydrogens (primary N) is 1. The third-order valence-corrected chi connectivity index (χ3v) is 4.30. The molecule has 10 heteroatoms. The Morgan fingerprint density at radius 3 is 2.76 bits per heavy atom. The zero-order valence-electron chi connectivity index (χ0n) is 14.0. The molecule has 0 amide bonds. The van der Waals surface area contributed by atoms with Crippen LogP contribution < -0.4 is 11.1 Å². The van der Waals surface area contributed by atoms with E-state index in [0.717, 1.165) is 25.8 Å². The molecule has 2 aromatic heterocycles. The highest BCUT2D eigenvalue weighted by atomic mass is 16.6. The predicted octanol–water partition coefficient (Wildman–Crippen LogP) is -0.378. The molecule has 1 saturated heterocycles. The van der Waals surface area contributed by atoms with E-state index < -0.39 is 31.1 Å². The van der Waals surface area contributed by atoms with Crippen molar-refractivity contribution >= 4 is 22.9 Å². The predicted molar refractivity (Wildman–Crippen MR) is 90.8 cm³/mol. The molecule has 1 aliphatic rings. The Hall–Kier alpha value is -2.01. The monoisotopic (exact) mass is 352 g/mol. The van der Waals surface area contributed by atoms with Gasteiger partial charge < -0.3 is 31.1 Å². The minimum absolute atomic E-state index is 0.0685. The zero-order valence-corrected chi connectivity index (χ0v) is 14.0. The first-order valence-electron chi connectivity index (χ1n) is 8.43. The first-order chi connectivity index (χ1) is 12.1. The standard InChI is InChI=1S/C15H24N6O4/c1-2-3-4-5-17-12-9-13(20-15(16)19-12)21(7-18-9)14-11(24)10(23)8(6-22)25-14/h7-8,10-11,14,22-24H,2-6H2,1H3,(H3,16,17,19,20)/t8-,10-,11-,14-/m1/s1. The van der Waals surface area contributed by atoms with Gasteiger partial charge in [0.05, 0.1) is 12.9 Å². The molecule has 10 nitrogen and oxygen atoms in total. The minimum atomic E-state index is -1.22. The minimum Gasteiger partial charge on any atom is -0.394 e. The molecular weight excluding hydrogens is 328 g/mol. The van der Waals surface area contributed by atoms with Crippen LogP contribution in [-0.2, 0) is 4.74 Å². The lowest BCUT2D eigenvalue weighted by molar-refractivity contribution is -0.0511. The van der Waals surface area contributed by atoms with Crippen LogP contribution in [-0.4, -0.2) is 66.3 Å². The van der Waals surface area contributed by atoms with Gasteiger partial charge in [0.1, 0.15) is 18.3 Å². The highest BCUT2D eigenvalue weighted by Crippen LogP contribution is 2.32. The van der Waals surface area contributed by atoms with Crippen molar-refractivity contribution in [3.8, 4) is 0 Å². The third kappa shape index (κ3) is 3.38. The number of unbranched alkanes of at least 4 members (excludes halogenated alkanes) is 2. The number of nitrogen functional groups attached to an aromatic ring is 1. The average molecular weight is 352 g/mol. The van der Waals surface area contributed by atoms with Gasteiger partial charge >= 0.3 is 0 Å². The van der Waals surface area contributed by atoms with Gasteiger partial charge in [0.25, 0.3) is 0 Å². The Labute approximate surface area is 144 Å². The quantitative estimate of drug-likeness (QED) is 0.420. The summed E-state index contributed by atoms with van der Waals surface area (Å²) in [5, 5.41) is 32.6. The number of aromatic nitrogens is 4. The second-order valence-corrected chi connectivity index (χ2v) is 6.12. The number of anilines is 2. The van der Waals surface area contributed by atoms with Crippen molar-refractivity contribution in [2.24, 2.45) is 0 Å². The molecule has 2 aromatic rings. The fraction of sp³-hybridized carbons (Fsp3) is 0.667. The van der Waals surface area contributed by atoms with Crippen molar-refractivity contribution in [1.29, 1.82) is 0 Å². The molecule has 1 aliphatic heterocycles. The Bertz CT molecular complexity index is 723. The van der Waals surface area contributed by atoms with Crippen LogP contribution in [0, 0.1) is 0 Å². The Morgan fingerprint density at radius 1 is 1.28 bits per heavy atom. The van der Waals surface area contributed by atoms with Crippen LogP contribution in [0.5, 0.6) is 0 Å². The van der Waals surface area contributed by atoms with Gasteiger partial charge in [0, 0.05) is 6.54 Å². The van der Waals surface area contributed by atoms with Gasteiger partial charge in [-0.3, -0.25) is 4.57 Å². The molecule has 0 aromatic carbocycles. The summed E-state index contributed by atoms with van der Waals surface area (Å²) in [6.07, 6.45) is 0.470. The molecule has 4 atom stereocenters. The van der Waals surface area contributed by atoms with Crippen LogP contribution >= 0.6 is 0 Å². The first-order valence-corrected chi connectivity index (χ1v) is 8.43. The summed E-state index contributed by atoms with van der Waals surface area (Å²) in [6, 6.07) is 0. The smallest absolute Gasteiger partial charge is 0.224 e. The van der Waals surface area contributed by atoms with Gasteiger partial charge in [0.15, 0.2) is 23.2 Å². The summed E-state index contributed by atoms with van der Waals surface area (Å²) in [6.45, 7) is 2.46. The summed E-state index contributed by atoms with van der Waals surface area (Å²) in [7, 11) is 0. The maximum atomic E-state index is 10.2. The van der Waals surface area contributed by atoms with Gasteiger partial charge in [-0.15, -0.1) is 0 Å². The highest BCUT2D eigenvalue weighted by Gasteiger charge is 2.44. The summed E-state index contributed by atoms with van der Waals surface area (Å²) in [5.74, 6) is 0.586. The van der Waals surface area contributed by atoms with Crippen LogP contribution in [0.4, 0.5) is 11.8 Å². The lowest BCUT2D eigenvalue weighted by atomic mass is 10.1. The van der Waals surface area contributed by atoms with Crippen molar-refractivity contribution in [1.82, 2.24) is 19.5 Å². The van der Waals surface area contributed by atoms with Gasteiger partial charge in [-0.1, -0.05) is 19.8 Å². The van der Waals surface area contributed by atoms with E-state index in [1.165, 1.54) is 10.9 Å². The van der Waals surface area contributed by atoms with E-state index in [9.17, 15) is 15.3 Å². The number of hydrogen-bond acceptors (Lipinski definition) is 9. The molecule has 0 unspecified atom stereocenters. The second kappa shape index (κ2) is 7.48. The van der Waals surface area contributed by atoms with Crippen LogP contribution in [0.15, 0.2) is 6.33 Å². The number of hydrogen-bond donors (Lipinski definition) is 5. The molecule has 138 valence electrons. The second-order valence-electron chi connectivity index (χ2n) is 6.12. The fourth-order valence-corrected chi connectivity index (χ4v) is 2.93. The van der Waals surface area contributed by atoms with Crippen LogP contribution in [0.1, 0.15) is 32.4 Å².